The summed E-state index contributed by atoms with van der Waals surface area (Å²) in [5.41, 5.74) is 1.74. The molecule has 2 aromatic carbocycles. The van der Waals surface area contributed by atoms with Gasteiger partial charge in [-0.25, -0.2) is 0 Å². The lowest BCUT2D eigenvalue weighted by molar-refractivity contribution is 0.403. The third kappa shape index (κ3) is 3.23. The van der Waals surface area contributed by atoms with Crippen LogP contribution in [-0.4, -0.2) is 22.4 Å². The van der Waals surface area contributed by atoms with E-state index in [1.54, 1.807) is 31.4 Å². The highest BCUT2D eigenvalue weighted by molar-refractivity contribution is 5.55. The molecule has 0 radical (unpaired) electrons. The largest absolute Gasteiger partial charge is 0.508 e. The maximum absolute atomic E-state index is 9.40. The van der Waals surface area contributed by atoms with Gasteiger partial charge in [0.05, 0.1) is 7.11 Å². The molecule has 0 aliphatic heterocycles. The van der Waals surface area contributed by atoms with Gasteiger partial charge in [0, 0.05) is 6.07 Å². The predicted octanol–water partition coefficient (Wildman–Crippen LogP) is 3.07. The Bertz CT molecular complexity index is 632. The molecule has 0 aromatic heterocycles. The number of hydrogen-bond donors (Lipinski definition) is 3. The van der Waals surface area contributed by atoms with Crippen molar-refractivity contribution in [3.63, 3.8) is 0 Å². The van der Waals surface area contributed by atoms with Crippen LogP contribution >= 0.6 is 0 Å². The zero-order chi connectivity index (χ0) is 14.5. The van der Waals surface area contributed by atoms with E-state index in [0.29, 0.717) is 12.2 Å². The van der Waals surface area contributed by atoms with Crippen LogP contribution in [0.2, 0.25) is 0 Å². The van der Waals surface area contributed by atoms with E-state index in [-0.39, 0.29) is 17.2 Å². The first-order valence-corrected chi connectivity index (χ1v) is 6.14. The summed E-state index contributed by atoms with van der Waals surface area (Å²) in [6, 6.07) is 9.61. The summed E-state index contributed by atoms with van der Waals surface area (Å²) in [6.07, 6.45) is 4.39. The van der Waals surface area contributed by atoms with Gasteiger partial charge in [-0.1, -0.05) is 24.3 Å². The first kappa shape index (κ1) is 13.8. The van der Waals surface area contributed by atoms with Crippen LogP contribution in [0, 0.1) is 0 Å². The molecule has 2 rings (SSSR count). The molecular weight excluding hydrogens is 256 g/mol. The standard InChI is InChI=1S/C16H16O4/c1-20-16-10-13(17)7-6-12(16)4-2-3-11-5-8-14(18)15(19)9-11/h2-3,5-10,17-19H,4H2,1H3/b3-2+. The Morgan fingerprint density at radius 3 is 2.50 bits per heavy atom. The summed E-state index contributed by atoms with van der Waals surface area (Å²) in [5, 5.41) is 28.0. The van der Waals surface area contributed by atoms with Gasteiger partial charge in [-0.3, -0.25) is 0 Å². The average molecular weight is 272 g/mol. The van der Waals surface area contributed by atoms with Crippen molar-refractivity contribution in [3.8, 4) is 23.0 Å². The third-order valence-electron chi connectivity index (χ3n) is 2.92. The quantitative estimate of drug-likeness (QED) is 0.748. The normalized spacial score (nSPS) is 10.8. The van der Waals surface area contributed by atoms with E-state index < -0.39 is 0 Å². The van der Waals surface area contributed by atoms with Crippen molar-refractivity contribution in [2.24, 2.45) is 0 Å². The topological polar surface area (TPSA) is 69.9 Å². The zero-order valence-corrected chi connectivity index (χ0v) is 11.1. The first-order valence-electron chi connectivity index (χ1n) is 6.14. The maximum Gasteiger partial charge on any atom is 0.157 e. The molecule has 0 unspecified atom stereocenters. The average Bonchev–Trinajstić information content (AvgIpc) is 2.44. The monoisotopic (exact) mass is 272 g/mol. The van der Waals surface area contributed by atoms with Crippen LogP contribution in [0.25, 0.3) is 6.08 Å². The predicted molar refractivity (Wildman–Crippen MR) is 77.2 cm³/mol. The second-order valence-corrected chi connectivity index (χ2v) is 4.35. The molecule has 4 nitrogen and oxygen atoms in total. The van der Waals surface area contributed by atoms with Crippen LogP contribution in [0.5, 0.6) is 23.0 Å². The van der Waals surface area contributed by atoms with Crippen molar-refractivity contribution in [1.29, 1.82) is 0 Å². The number of methoxy groups -OCH3 is 1. The highest BCUT2D eigenvalue weighted by Gasteiger charge is 2.02. The van der Waals surface area contributed by atoms with E-state index in [9.17, 15) is 15.3 Å². The van der Waals surface area contributed by atoms with Gasteiger partial charge < -0.3 is 20.1 Å². The van der Waals surface area contributed by atoms with Crippen molar-refractivity contribution in [1.82, 2.24) is 0 Å². The minimum atomic E-state index is -0.144. The van der Waals surface area contributed by atoms with Gasteiger partial charge in [-0.15, -0.1) is 0 Å². The molecule has 0 atom stereocenters. The highest BCUT2D eigenvalue weighted by Crippen LogP contribution is 2.26. The summed E-state index contributed by atoms with van der Waals surface area (Å²) in [7, 11) is 1.56. The van der Waals surface area contributed by atoms with E-state index in [0.717, 1.165) is 11.1 Å². The molecule has 20 heavy (non-hydrogen) atoms. The molecule has 104 valence electrons. The smallest absolute Gasteiger partial charge is 0.157 e. The fourth-order valence-electron chi connectivity index (χ4n) is 1.87. The van der Waals surface area contributed by atoms with Crippen molar-refractivity contribution in [2.45, 2.75) is 6.42 Å². The molecule has 3 N–H and O–H groups in total. The van der Waals surface area contributed by atoms with Gasteiger partial charge in [0.2, 0.25) is 0 Å². The number of aromatic hydroxyl groups is 3. The van der Waals surface area contributed by atoms with E-state index in [1.807, 2.05) is 12.2 Å². The second kappa shape index (κ2) is 6.02. The molecule has 0 saturated heterocycles. The van der Waals surface area contributed by atoms with Gasteiger partial charge in [-0.2, -0.15) is 0 Å². The Balaban J connectivity index is 2.11. The number of phenolic OH excluding ortho intramolecular Hbond substituents is 3. The van der Waals surface area contributed by atoms with Gasteiger partial charge >= 0.3 is 0 Å². The Labute approximate surface area is 117 Å². The Hall–Kier alpha value is -2.62. The van der Waals surface area contributed by atoms with Gasteiger partial charge in [0.15, 0.2) is 11.5 Å². The minimum Gasteiger partial charge on any atom is -0.508 e. The number of rotatable bonds is 4. The number of ether oxygens (including phenoxy) is 1. The summed E-state index contributed by atoms with van der Waals surface area (Å²) < 4.78 is 5.20. The minimum absolute atomic E-state index is 0.137. The number of benzene rings is 2. The molecule has 0 amide bonds. The van der Waals surface area contributed by atoms with Crippen LogP contribution in [0.15, 0.2) is 42.5 Å². The molecule has 0 spiro atoms. The van der Waals surface area contributed by atoms with Crippen molar-refractivity contribution in [2.75, 3.05) is 7.11 Å². The molecule has 2 aromatic rings. The van der Waals surface area contributed by atoms with Gasteiger partial charge in [-0.05, 0) is 35.7 Å². The fraction of sp³-hybridized carbons (Fsp3) is 0.125. The van der Waals surface area contributed by atoms with Crippen molar-refractivity contribution < 1.29 is 20.1 Å². The fourth-order valence-corrected chi connectivity index (χ4v) is 1.87. The number of allylic oxidation sites excluding steroid dienone is 1. The molecule has 0 aliphatic rings. The lowest BCUT2D eigenvalue weighted by Crippen LogP contribution is -1.90. The first-order chi connectivity index (χ1) is 9.60. The maximum atomic E-state index is 9.40. The number of phenols is 3. The summed E-state index contributed by atoms with van der Waals surface area (Å²) >= 11 is 0. The summed E-state index contributed by atoms with van der Waals surface area (Å²) in [6.45, 7) is 0. The van der Waals surface area contributed by atoms with Crippen LogP contribution in [-0.2, 0) is 6.42 Å². The lowest BCUT2D eigenvalue weighted by atomic mass is 10.1. The van der Waals surface area contributed by atoms with Crippen LogP contribution in [0.3, 0.4) is 0 Å². The molecule has 0 heterocycles. The Morgan fingerprint density at radius 1 is 1.00 bits per heavy atom. The Kier molecular flexibility index (Phi) is 4.15. The van der Waals surface area contributed by atoms with E-state index in [1.165, 1.54) is 12.1 Å². The Morgan fingerprint density at radius 2 is 1.80 bits per heavy atom. The molecular formula is C16H16O4. The van der Waals surface area contributed by atoms with E-state index in [2.05, 4.69) is 0 Å². The van der Waals surface area contributed by atoms with Gasteiger partial charge in [0.1, 0.15) is 11.5 Å². The molecule has 0 bridgehead atoms. The van der Waals surface area contributed by atoms with Crippen LogP contribution in [0.1, 0.15) is 11.1 Å². The zero-order valence-electron chi connectivity index (χ0n) is 11.1. The molecule has 0 aliphatic carbocycles. The van der Waals surface area contributed by atoms with Gasteiger partial charge in [0.25, 0.3) is 0 Å². The molecule has 0 fully saturated rings. The van der Waals surface area contributed by atoms with E-state index >= 15 is 0 Å². The lowest BCUT2D eigenvalue weighted by Gasteiger charge is -2.06. The number of hydrogen-bond acceptors (Lipinski definition) is 4. The van der Waals surface area contributed by atoms with Crippen LogP contribution in [0.4, 0.5) is 0 Å². The molecule has 4 heteroatoms. The molecule has 0 saturated carbocycles. The van der Waals surface area contributed by atoms with Crippen molar-refractivity contribution in [3.05, 3.63) is 53.6 Å². The highest BCUT2D eigenvalue weighted by atomic mass is 16.5. The summed E-state index contributed by atoms with van der Waals surface area (Å²) in [5.74, 6) is 0.512. The second-order valence-electron chi connectivity index (χ2n) is 4.35. The van der Waals surface area contributed by atoms with Crippen LogP contribution < -0.4 is 4.74 Å². The summed E-state index contributed by atoms with van der Waals surface area (Å²) in [4.78, 5) is 0. The van der Waals surface area contributed by atoms with E-state index in [4.69, 9.17) is 4.74 Å². The third-order valence-corrected chi connectivity index (χ3v) is 2.92. The SMILES string of the molecule is COc1cc(O)ccc1C/C=C/c1ccc(O)c(O)c1. The van der Waals surface area contributed by atoms with Crippen molar-refractivity contribution >= 4 is 6.08 Å².